The first-order valence-electron chi connectivity index (χ1n) is 8.39. The highest BCUT2D eigenvalue weighted by Gasteiger charge is 2.02. The number of aliphatic imine (C=N–C) groups is 1. The van der Waals surface area contributed by atoms with Gasteiger partial charge in [0.05, 0.1) is 13.2 Å². The Kier molecular flexibility index (Phi) is 10.1. The Labute approximate surface area is 135 Å². The maximum absolute atomic E-state index is 5.25. The molecule has 0 saturated carbocycles. The maximum atomic E-state index is 5.25. The number of benzene rings is 1. The van der Waals surface area contributed by atoms with Crippen LogP contribution in [0.15, 0.2) is 29.3 Å². The van der Waals surface area contributed by atoms with E-state index in [2.05, 4.69) is 47.7 Å². The minimum atomic E-state index is 0.632. The van der Waals surface area contributed by atoms with E-state index >= 15 is 0 Å². The maximum Gasteiger partial charge on any atom is 0.191 e. The van der Waals surface area contributed by atoms with Gasteiger partial charge in [-0.15, -0.1) is 0 Å². The fraction of sp³-hybridized carbons (Fsp3) is 0.611. The van der Waals surface area contributed by atoms with Crippen molar-refractivity contribution in [3.63, 3.8) is 0 Å². The minimum Gasteiger partial charge on any atom is -0.380 e. The molecule has 0 spiro atoms. The minimum absolute atomic E-state index is 0.632. The van der Waals surface area contributed by atoms with Crippen molar-refractivity contribution in [3.05, 3.63) is 35.4 Å². The van der Waals surface area contributed by atoms with Crippen molar-refractivity contribution < 1.29 is 4.74 Å². The Bertz CT molecular complexity index is 432. The van der Waals surface area contributed by atoms with Crippen molar-refractivity contribution in [2.75, 3.05) is 20.2 Å². The van der Waals surface area contributed by atoms with Gasteiger partial charge in [0.1, 0.15) is 0 Å². The van der Waals surface area contributed by atoms with Crippen molar-refractivity contribution in [1.82, 2.24) is 10.6 Å². The Hall–Kier alpha value is -1.55. The molecule has 1 aromatic carbocycles. The molecule has 22 heavy (non-hydrogen) atoms. The van der Waals surface area contributed by atoms with Crippen molar-refractivity contribution in [3.8, 4) is 0 Å². The fourth-order valence-corrected chi connectivity index (χ4v) is 2.27. The van der Waals surface area contributed by atoms with Gasteiger partial charge in [-0.1, -0.05) is 50.5 Å². The van der Waals surface area contributed by atoms with Crippen LogP contribution < -0.4 is 10.6 Å². The lowest BCUT2D eigenvalue weighted by atomic mass is 10.1. The molecule has 0 aliphatic carbocycles. The number of unbranched alkanes of at least 4 members (excludes halogenated alkanes) is 3. The smallest absolute Gasteiger partial charge is 0.191 e. The van der Waals surface area contributed by atoms with Crippen LogP contribution in [-0.2, 0) is 17.9 Å². The van der Waals surface area contributed by atoms with E-state index in [0.717, 1.165) is 19.0 Å². The monoisotopic (exact) mass is 305 g/mol. The number of guanidine groups is 1. The van der Waals surface area contributed by atoms with E-state index in [-0.39, 0.29) is 0 Å². The van der Waals surface area contributed by atoms with Crippen molar-refractivity contribution >= 4 is 5.96 Å². The molecule has 1 rings (SSSR count). The quantitative estimate of drug-likeness (QED) is 0.395. The van der Waals surface area contributed by atoms with Gasteiger partial charge in [-0.05, 0) is 24.5 Å². The molecule has 0 fully saturated rings. The SMILES string of the molecule is CCCCCCNC(=NCc1ccccc1COC)NCC. The number of methoxy groups -OCH3 is 1. The summed E-state index contributed by atoms with van der Waals surface area (Å²) >= 11 is 0. The molecule has 4 heteroatoms. The second kappa shape index (κ2) is 12.0. The molecule has 0 aromatic heterocycles. The van der Waals surface area contributed by atoms with Crippen LogP contribution in [0.25, 0.3) is 0 Å². The number of nitrogens with one attached hydrogen (secondary N) is 2. The molecule has 0 amide bonds. The third kappa shape index (κ3) is 7.46. The fourth-order valence-electron chi connectivity index (χ4n) is 2.27. The van der Waals surface area contributed by atoms with Crippen molar-refractivity contribution in [2.45, 2.75) is 52.7 Å². The molecule has 4 nitrogen and oxygen atoms in total. The summed E-state index contributed by atoms with van der Waals surface area (Å²) in [6.45, 7) is 7.48. The molecule has 124 valence electrons. The summed E-state index contributed by atoms with van der Waals surface area (Å²) in [6.07, 6.45) is 5.04. The van der Waals surface area contributed by atoms with Crippen LogP contribution in [-0.4, -0.2) is 26.2 Å². The van der Waals surface area contributed by atoms with Gasteiger partial charge in [-0.3, -0.25) is 0 Å². The van der Waals surface area contributed by atoms with Crippen LogP contribution in [0.4, 0.5) is 0 Å². The van der Waals surface area contributed by atoms with Crippen LogP contribution >= 0.6 is 0 Å². The Morgan fingerprint density at radius 2 is 1.82 bits per heavy atom. The van der Waals surface area contributed by atoms with Gasteiger partial charge in [-0.25, -0.2) is 4.99 Å². The molecule has 0 aliphatic rings. The second-order valence-electron chi connectivity index (χ2n) is 5.38. The zero-order valence-electron chi connectivity index (χ0n) is 14.3. The molecule has 0 saturated heterocycles. The molecule has 2 N–H and O–H groups in total. The number of hydrogen-bond acceptors (Lipinski definition) is 2. The Morgan fingerprint density at radius 3 is 2.50 bits per heavy atom. The van der Waals surface area contributed by atoms with Gasteiger partial charge in [0.25, 0.3) is 0 Å². The Balaban J connectivity index is 2.54. The predicted molar refractivity (Wildman–Crippen MR) is 94.1 cm³/mol. The number of ether oxygens (including phenoxy) is 1. The molecule has 0 bridgehead atoms. The highest BCUT2D eigenvalue weighted by molar-refractivity contribution is 5.79. The summed E-state index contributed by atoms with van der Waals surface area (Å²) in [7, 11) is 1.72. The number of nitrogens with zero attached hydrogens (tertiary/aromatic N) is 1. The van der Waals surface area contributed by atoms with E-state index in [0.29, 0.717) is 13.2 Å². The molecule has 0 atom stereocenters. The standard InChI is InChI=1S/C18H31N3O/c1-4-6-7-10-13-20-18(19-5-2)21-14-16-11-8-9-12-17(16)15-22-3/h8-9,11-12H,4-7,10,13-15H2,1-3H3,(H2,19,20,21). The van der Waals surface area contributed by atoms with E-state index in [1.807, 2.05) is 6.07 Å². The van der Waals surface area contributed by atoms with E-state index in [1.165, 1.54) is 36.8 Å². The van der Waals surface area contributed by atoms with Gasteiger partial charge < -0.3 is 15.4 Å². The molecule has 1 aromatic rings. The first-order valence-corrected chi connectivity index (χ1v) is 8.39. The topological polar surface area (TPSA) is 45.7 Å². The molecule has 0 radical (unpaired) electrons. The lowest BCUT2D eigenvalue weighted by molar-refractivity contribution is 0.184. The normalized spacial score (nSPS) is 11.5. The second-order valence-corrected chi connectivity index (χ2v) is 5.38. The zero-order valence-corrected chi connectivity index (χ0v) is 14.3. The summed E-state index contributed by atoms with van der Waals surface area (Å²) in [5, 5.41) is 6.71. The van der Waals surface area contributed by atoms with Crippen LogP contribution in [0, 0.1) is 0 Å². The highest BCUT2D eigenvalue weighted by atomic mass is 16.5. The molecular weight excluding hydrogens is 274 g/mol. The molecule has 0 unspecified atom stereocenters. The van der Waals surface area contributed by atoms with Crippen molar-refractivity contribution in [2.24, 2.45) is 4.99 Å². The first-order chi connectivity index (χ1) is 10.8. The van der Waals surface area contributed by atoms with Gasteiger partial charge in [0.15, 0.2) is 5.96 Å². The van der Waals surface area contributed by atoms with Crippen LogP contribution in [0.3, 0.4) is 0 Å². The summed E-state index contributed by atoms with van der Waals surface area (Å²) in [5.74, 6) is 0.895. The number of hydrogen-bond donors (Lipinski definition) is 2. The third-order valence-electron chi connectivity index (χ3n) is 3.49. The van der Waals surface area contributed by atoms with E-state index < -0.39 is 0 Å². The zero-order chi connectivity index (χ0) is 16.0. The van der Waals surface area contributed by atoms with E-state index in [4.69, 9.17) is 4.74 Å². The summed E-state index contributed by atoms with van der Waals surface area (Å²) in [4.78, 5) is 4.68. The first kappa shape index (κ1) is 18.5. The van der Waals surface area contributed by atoms with Gasteiger partial charge in [-0.2, -0.15) is 0 Å². The average molecular weight is 305 g/mol. The van der Waals surface area contributed by atoms with E-state index in [9.17, 15) is 0 Å². The third-order valence-corrected chi connectivity index (χ3v) is 3.49. The summed E-state index contributed by atoms with van der Waals surface area (Å²) in [6, 6.07) is 8.30. The number of rotatable bonds is 10. The Morgan fingerprint density at radius 1 is 1.05 bits per heavy atom. The van der Waals surface area contributed by atoms with Gasteiger partial charge in [0.2, 0.25) is 0 Å². The lowest BCUT2D eigenvalue weighted by Crippen LogP contribution is -2.37. The summed E-state index contributed by atoms with van der Waals surface area (Å²) < 4.78 is 5.25. The molecular formula is C18H31N3O. The molecule has 0 heterocycles. The van der Waals surface area contributed by atoms with Crippen LogP contribution in [0.1, 0.15) is 50.7 Å². The lowest BCUT2D eigenvalue weighted by Gasteiger charge is -2.12. The average Bonchev–Trinajstić information content (AvgIpc) is 2.54. The van der Waals surface area contributed by atoms with Gasteiger partial charge in [0, 0.05) is 20.2 Å². The largest absolute Gasteiger partial charge is 0.380 e. The highest BCUT2D eigenvalue weighted by Crippen LogP contribution is 2.11. The predicted octanol–water partition coefficient (Wildman–Crippen LogP) is 3.47. The van der Waals surface area contributed by atoms with Crippen molar-refractivity contribution in [1.29, 1.82) is 0 Å². The summed E-state index contributed by atoms with van der Waals surface area (Å²) in [5.41, 5.74) is 2.42. The van der Waals surface area contributed by atoms with Gasteiger partial charge >= 0.3 is 0 Å². The molecule has 0 aliphatic heterocycles. The van der Waals surface area contributed by atoms with Crippen LogP contribution in [0.5, 0.6) is 0 Å². The van der Waals surface area contributed by atoms with Crippen LogP contribution in [0.2, 0.25) is 0 Å². The van der Waals surface area contributed by atoms with E-state index in [1.54, 1.807) is 7.11 Å².